The summed E-state index contributed by atoms with van der Waals surface area (Å²) in [6, 6.07) is 7.91. The minimum absolute atomic E-state index is 0. The molecule has 0 spiro atoms. The summed E-state index contributed by atoms with van der Waals surface area (Å²) >= 11 is 0. The molecule has 2 rings (SSSR count). The smallest absolute Gasteiger partial charge is 1.00 e. The normalized spacial score (nSPS) is 6.86. The van der Waals surface area contributed by atoms with Crippen molar-refractivity contribution in [2.75, 3.05) is 0 Å². The topological polar surface area (TPSA) is 0 Å². The van der Waals surface area contributed by atoms with E-state index in [0.717, 1.165) is 16.4 Å². The van der Waals surface area contributed by atoms with Gasteiger partial charge in [-0.3, -0.25) is 16.4 Å². The molecule has 0 bridgehead atoms. The number of hydrogen-bond acceptors (Lipinski definition) is 0. The van der Waals surface area contributed by atoms with Gasteiger partial charge in [0.15, 0.2) is 0 Å². The van der Waals surface area contributed by atoms with Crippen LogP contribution in [0.15, 0.2) is 35.9 Å². The molecule has 6 heteroatoms. The van der Waals surface area contributed by atoms with Crippen LogP contribution in [0.25, 0.3) is 0 Å². The monoisotopic (exact) mass is 332 g/mol. The first-order valence-corrected chi connectivity index (χ1v) is 5.14. The third-order valence-corrected chi connectivity index (χ3v) is 2.27. The molecule has 2 aromatic rings. The van der Waals surface area contributed by atoms with Crippen LogP contribution >= 0.6 is 16.4 Å². The van der Waals surface area contributed by atoms with Gasteiger partial charge in [-0.05, 0) is 0 Å². The van der Waals surface area contributed by atoms with E-state index in [1.807, 2.05) is 24.3 Å². The summed E-state index contributed by atoms with van der Waals surface area (Å²) in [5.74, 6) is 10.2. The fourth-order valence-corrected chi connectivity index (χ4v) is 1.44. The molecule has 2 heterocycles. The third-order valence-electron chi connectivity index (χ3n) is 0.885. The Bertz CT molecular complexity index is 163. The zero-order valence-electron chi connectivity index (χ0n) is 7.22. The Morgan fingerprint density at radius 1 is 0.714 bits per heavy atom. The first-order chi connectivity index (χ1) is 5.00. The number of hydrogen-bond donors (Lipinski definition) is 0. The summed E-state index contributed by atoms with van der Waals surface area (Å²) in [4.78, 5) is 0. The molecular weight excluding hydrogens is 325 g/mol. The van der Waals surface area contributed by atoms with E-state index in [0.29, 0.717) is 0 Å². The van der Waals surface area contributed by atoms with Gasteiger partial charge in [-0.2, -0.15) is 35.3 Å². The molecule has 0 aliphatic rings. The second kappa shape index (κ2) is 20.0. The molecule has 2 aromatic heterocycles. The van der Waals surface area contributed by atoms with Crippen molar-refractivity contribution < 1.29 is 68.2 Å². The average Bonchev–Trinajstić information content (AvgIpc) is 2.67. The van der Waals surface area contributed by atoms with Crippen LogP contribution in [0.2, 0.25) is 0 Å². The Kier molecular flexibility index (Phi) is 35.3. The van der Waals surface area contributed by atoms with Crippen LogP contribution in [-0.2, 0) is 43.4 Å². The molecule has 0 aromatic carbocycles. The van der Waals surface area contributed by atoms with Gasteiger partial charge in [0.1, 0.15) is 0 Å². The fraction of sp³-hybridized carbons (Fsp3) is 0. The van der Waals surface area contributed by atoms with E-state index in [-0.39, 0.29) is 68.2 Å². The summed E-state index contributed by atoms with van der Waals surface area (Å²) < 4.78 is 0. The molecule has 0 saturated carbocycles. The predicted molar refractivity (Wildman–Crippen MR) is 49.6 cm³/mol. The van der Waals surface area contributed by atoms with Crippen molar-refractivity contribution in [2.24, 2.45) is 0 Å². The van der Waals surface area contributed by atoms with Gasteiger partial charge in [-0.1, -0.05) is 0 Å². The summed E-state index contributed by atoms with van der Waals surface area (Å²) in [6.07, 6.45) is 0. The first-order valence-electron chi connectivity index (χ1n) is 2.99. The van der Waals surface area contributed by atoms with Crippen LogP contribution in [0.1, 0.15) is 0 Å². The van der Waals surface area contributed by atoms with E-state index in [2.05, 4.69) is 23.2 Å². The molecule has 0 amide bonds. The van der Waals surface area contributed by atoms with Crippen LogP contribution in [0.5, 0.6) is 0 Å². The Morgan fingerprint density at radius 2 is 1.07 bits per heavy atom. The van der Waals surface area contributed by atoms with Gasteiger partial charge in [0.2, 0.25) is 0 Å². The third kappa shape index (κ3) is 16.0. The van der Waals surface area contributed by atoms with E-state index < -0.39 is 0 Å². The minimum atomic E-state index is 0. The summed E-state index contributed by atoms with van der Waals surface area (Å²) in [5, 5.41) is 0. The van der Waals surface area contributed by atoms with E-state index in [4.69, 9.17) is 0 Å². The van der Waals surface area contributed by atoms with Crippen LogP contribution in [0.3, 0.4) is 0 Å². The van der Waals surface area contributed by atoms with Crippen molar-refractivity contribution in [3.05, 3.63) is 47.5 Å². The molecule has 2 atom stereocenters. The van der Waals surface area contributed by atoms with Gasteiger partial charge in [-0.15, -0.1) is 0 Å². The fourth-order valence-electron chi connectivity index (χ4n) is 0.481. The maximum absolute atomic E-state index is 3.01. The van der Waals surface area contributed by atoms with Crippen molar-refractivity contribution >= 4 is 16.4 Å². The molecule has 0 fully saturated rings. The maximum Gasteiger partial charge on any atom is 2.00 e. The molecule has 0 saturated heterocycles. The first kappa shape index (κ1) is 24.7. The molecule has 14 heavy (non-hydrogen) atoms. The quantitative estimate of drug-likeness (QED) is 0.357. The molecular formula is C8H8Cl2P2Ti2. The van der Waals surface area contributed by atoms with Gasteiger partial charge in [-0.25, -0.2) is 12.1 Å². The van der Waals surface area contributed by atoms with E-state index >= 15 is 0 Å². The molecule has 0 nitrogen and oxygen atoms in total. The van der Waals surface area contributed by atoms with Crippen LogP contribution in [0.4, 0.5) is 0 Å². The zero-order valence-corrected chi connectivity index (χ0v) is 13.9. The van der Waals surface area contributed by atoms with Gasteiger partial charge in [0, 0.05) is 0 Å². The number of halogens is 2. The molecule has 0 N–H and O–H groups in total. The summed E-state index contributed by atoms with van der Waals surface area (Å²) in [5.41, 5.74) is 0. The van der Waals surface area contributed by atoms with Crippen molar-refractivity contribution in [3.8, 4) is 0 Å². The van der Waals surface area contributed by atoms with E-state index in [9.17, 15) is 0 Å². The van der Waals surface area contributed by atoms with Gasteiger partial charge in [0.25, 0.3) is 0 Å². The molecule has 0 aliphatic carbocycles. The van der Waals surface area contributed by atoms with E-state index in [1.165, 1.54) is 0 Å². The second-order valence-electron chi connectivity index (χ2n) is 1.63. The van der Waals surface area contributed by atoms with Gasteiger partial charge in [0.05, 0.1) is 0 Å². The second-order valence-corrected chi connectivity index (χ2v) is 3.45. The van der Waals surface area contributed by atoms with Crippen LogP contribution in [0, 0.1) is 11.6 Å². The largest absolute Gasteiger partial charge is 2.00 e. The van der Waals surface area contributed by atoms with Crippen molar-refractivity contribution in [1.82, 2.24) is 0 Å². The Morgan fingerprint density at radius 3 is 1.14 bits per heavy atom. The van der Waals surface area contributed by atoms with Crippen molar-refractivity contribution in [3.63, 3.8) is 0 Å². The standard InChI is InChI=1S/2C4H4P.2ClH.2Ti/c2*1-2-4-5-3-1;;;;/h2*1-3,5H;2*1H;;/q2*-1;;;2*+2/p-2. The van der Waals surface area contributed by atoms with E-state index in [1.54, 1.807) is 0 Å². The Balaban J connectivity index is -0.0000000556. The molecule has 2 unspecified atom stereocenters. The molecule has 72 valence electrons. The van der Waals surface area contributed by atoms with Gasteiger partial charge < -0.3 is 24.8 Å². The Hall–Kier alpha value is 1.57. The van der Waals surface area contributed by atoms with Crippen LogP contribution in [-0.4, -0.2) is 0 Å². The summed E-state index contributed by atoms with van der Waals surface area (Å²) in [6.45, 7) is 0. The zero-order chi connectivity index (χ0) is 7.07. The molecule has 0 aliphatic heterocycles. The minimum Gasteiger partial charge on any atom is -1.00 e. The summed E-state index contributed by atoms with van der Waals surface area (Å²) in [7, 11) is 1.65. The van der Waals surface area contributed by atoms with Crippen molar-refractivity contribution in [2.45, 2.75) is 0 Å². The van der Waals surface area contributed by atoms with Crippen molar-refractivity contribution in [1.29, 1.82) is 0 Å². The SMILES string of the molecule is [Cl-].[Cl-].[Ti+2].[Ti+2].[c-]1ccc[pH]1.[c-]1ccc[pH]1. The molecule has 0 radical (unpaired) electrons. The van der Waals surface area contributed by atoms with Gasteiger partial charge >= 0.3 is 43.4 Å². The maximum atomic E-state index is 3.01. The average molecular weight is 333 g/mol. The number of rotatable bonds is 0. The predicted octanol–water partition coefficient (Wildman–Crippen LogP) is -2.96. The van der Waals surface area contributed by atoms with Crippen LogP contribution < -0.4 is 24.8 Å². The Labute approximate surface area is 131 Å².